The number of anilines is 1. The van der Waals surface area contributed by atoms with Crippen molar-refractivity contribution in [1.29, 1.82) is 5.41 Å². The Morgan fingerprint density at radius 3 is 2.19 bits per heavy atom. The minimum Gasteiger partial charge on any atom is -0.353 e. The van der Waals surface area contributed by atoms with Gasteiger partial charge in [0, 0.05) is 17.8 Å². The lowest BCUT2D eigenvalue weighted by molar-refractivity contribution is 0.402. The predicted molar refractivity (Wildman–Crippen MR) is 111 cm³/mol. The first-order valence-electron chi connectivity index (χ1n) is 10.4. The average Bonchev–Trinajstić information content (AvgIpc) is 2.70. The Bertz CT molecular complexity index is 742. The van der Waals surface area contributed by atoms with Crippen LogP contribution in [0, 0.1) is 5.41 Å². The van der Waals surface area contributed by atoms with Gasteiger partial charge in [-0.25, -0.2) is 0 Å². The molecule has 138 valence electrons. The molecule has 0 amide bonds. The molecule has 2 saturated carbocycles. The summed E-state index contributed by atoms with van der Waals surface area (Å²) in [6.45, 7) is 0. The molecular weight excluding hydrogens is 318 g/mol. The van der Waals surface area contributed by atoms with Gasteiger partial charge in [0.15, 0.2) is 5.96 Å². The molecule has 0 aliphatic heterocycles. The molecular formula is C23H31N3. The highest BCUT2D eigenvalue weighted by Gasteiger charge is 2.26. The van der Waals surface area contributed by atoms with Crippen molar-refractivity contribution in [3.05, 3.63) is 42.5 Å². The van der Waals surface area contributed by atoms with Gasteiger partial charge in [-0.1, -0.05) is 68.9 Å². The fourth-order valence-corrected chi connectivity index (χ4v) is 4.70. The minimum atomic E-state index is 0.452. The predicted octanol–water partition coefficient (Wildman–Crippen LogP) is 5.84. The van der Waals surface area contributed by atoms with E-state index in [9.17, 15) is 0 Å². The Morgan fingerprint density at radius 1 is 0.808 bits per heavy atom. The largest absolute Gasteiger partial charge is 0.353 e. The molecule has 0 unspecified atom stereocenters. The lowest BCUT2D eigenvalue weighted by Crippen LogP contribution is -2.51. The first-order chi connectivity index (χ1) is 12.8. The summed E-state index contributed by atoms with van der Waals surface area (Å²) < 4.78 is 0. The Hall–Kier alpha value is -2.03. The third-order valence-corrected chi connectivity index (χ3v) is 6.14. The molecule has 4 rings (SSSR count). The summed E-state index contributed by atoms with van der Waals surface area (Å²) in [5.74, 6) is 0.610. The first-order valence-corrected chi connectivity index (χ1v) is 10.4. The van der Waals surface area contributed by atoms with Crippen LogP contribution in [0.2, 0.25) is 0 Å². The molecule has 2 N–H and O–H groups in total. The van der Waals surface area contributed by atoms with E-state index in [1.807, 2.05) is 0 Å². The normalized spacial score (nSPS) is 19.4. The van der Waals surface area contributed by atoms with E-state index < -0.39 is 0 Å². The minimum absolute atomic E-state index is 0.452. The van der Waals surface area contributed by atoms with Gasteiger partial charge < -0.3 is 10.2 Å². The second-order valence-electron chi connectivity index (χ2n) is 8.02. The maximum Gasteiger partial charge on any atom is 0.196 e. The molecule has 0 bridgehead atoms. The maximum absolute atomic E-state index is 8.88. The number of rotatable bonds is 3. The molecule has 26 heavy (non-hydrogen) atoms. The van der Waals surface area contributed by atoms with E-state index >= 15 is 0 Å². The molecule has 0 spiro atoms. The summed E-state index contributed by atoms with van der Waals surface area (Å²) in [5, 5.41) is 15.0. The highest BCUT2D eigenvalue weighted by molar-refractivity contribution is 5.97. The van der Waals surface area contributed by atoms with Gasteiger partial charge in [-0.15, -0.1) is 0 Å². The molecule has 0 heterocycles. The van der Waals surface area contributed by atoms with Gasteiger partial charge in [0.1, 0.15) is 0 Å². The molecule has 2 aliphatic rings. The molecule has 2 fully saturated rings. The van der Waals surface area contributed by atoms with Crippen LogP contribution in [-0.4, -0.2) is 18.0 Å². The van der Waals surface area contributed by atoms with Crippen LogP contribution in [0.1, 0.15) is 64.2 Å². The van der Waals surface area contributed by atoms with Crippen molar-refractivity contribution in [2.45, 2.75) is 76.3 Å². The van der Waals surface area contributed by atoms with Gasteiger partial charge in [0.2, 0.25) is 0 Å². The summed E-state index contributed by atoms with van der Waals surface area (Å²) in [4.78, 5) is 2.29. The Morgan fingerprint density at radius 2 is 1.46 bits per heavy atom. The molecule has 0 radical (unpaired) electrons. The monoisotopic (exact) mass is 349 g/mol. The van der Waals surface area contributed by atoms with Crippen molar-refractivity contribution >= 4 is 22.4 Å². The van der Waals surface area contributed by atoms with Gasteiger partial charge in [-0.05, 0) is 48.6 Å². The highest BCUT2D eigenvalue weighted by atomic mass is 15.3. The smallest absolute Gasteiger partial charge is 0.196 e. The first kappa shape index (κ1) is 17.4. The number of hydrogen-bond donors (Lipinski definition) is 2. The molecule has 0 atom stereocenters. The standard InChI is InChI=1S/C23H31N3/c24-23(25-20-11-3-1-4-12-20)26(21-13-5-2-6-14-21)22-16-15-18-9-7-8-10-19(18)17-22/h7-10,15-17,20-21H,1-6,11-14H2,(H2,24,25). The van der Waals surface area contributed by atoms with E-state index in [0.717, 1.165) is 0 Å². The molecule has 2 aliphatic carbocycles. The fraction of sp³-hybridized carbons (Fsp3) is 0.522. The molecule has 0 saturated heterocycles. The van der Waals surface area contributed by atoms with E-state index in [4.69, 9.17) is 5.41 Å². The number of nitrogens with one attached hydrogen (secondary N) is 2. The summed E-state index contributed by atoms with van der Waals surface area (Å²) >= 11 is 0. The summed E-state index contributed by atoms with van der Waals surface area (Å²) in [6, 6.07) is 16.1. The summed E-state index contributed by atoms with van der Waals surface area (Å²) in [7, 11) is 0. The van der Waals surface area contributed by atoms with Gasteiger partial charge in [-0.3, -0.25) is 5.41 Å². The highest BCUT2D eigenvalue weighted by Crippen LogP contribution is 2.30. The van der Waals surface area contributed by atoms with E-state index in [0.29, 0.717) is 18.0 Å². The van der Waals surface area contributed by atoms with Crippen LogP contribution in [0.4, 0.5) is 5.69 Å². The SMILES string of the molecule is N=C(NC1CCCCC1)N(c1ccc2ccccc2c1)C1CCCCC1. The lowest BCUT2D eigenvalue weighted by Gasteiger charge is -2.38. The van der Waals surface area contributed by atoms with E-state index in [1.54, 1.807) is 0 Å². The molecule has 2 aromatic carbocycles. The van der Waals surface area contributed by atoms with Gasteiger partial charge >= 0.3 is 0 Å². The zero-order chi connectivity index (χ0) is 17.8. The van der Waals surface area contributed by atoms with Crippen molar-refractivity contribution in [3.8, 4) is 0 Å². The van der Waals surface area contributed by atoms with Crippen LogP contribution in [0.25, 0.3) is 10.8 Å². The van der Waals surface area contributed by atoms with Crippen molar-refractivity contribution in [2.24, 2.45) is 0 Å². The topological polar surface area (TPSA) is 39.1 Å². The lowest BCUT2D eigenvalue weighted by atomic mass is 9.93. The third kappa shape index (κ3) is 3.87. The van der Waals surface area contributed by atoms with Crippen molar-refractivity contribution in [3.63, 3.8) is 0 Å². The molecule has 0 aromatic heterocycles. The number of benzene rings is 2. The summed E-state index contributed by atoms with van der Waals surface area (Å²) in [6.07, 6.45) is 12.7. The van der Waals surface area contributed by atoms with Gasteiger partial charge in [-0.2, -0.15) is 0 Å². The Kier molecular flexibility index (Phi) is 5.42. The van der Waals surface area contributed by atoms with Crippen molar-refractivity contribution in [2.75, 3.05) is 4.90 Å². The average molecular weight is 350 g/mol. The van der Waals surface area contributed by atoms with E-state index in [2.05, 4.69) is 52.7 Å². The number of nitrogens with zero attached hydrogens (tertiary/aromatic N) is 1. The van der Waals surface area contributed by atoms with Crippen LogP contribution in [0.5, 0.6) is 0 Å². The van der Waals surface area contributed by atoms with Crippen LogP contribution in [-0.2, 0) is 0 Å². The number of fused-ring (bicyclic) bond motifs is 1. The Balaban J connectivity index is 1.61. The zero-order valence-electron chi connectivity index (χ0n) is 15.7. The number of guanidine groups is 1. The van der Waals surface area contributed by atoms with Crippen molar-refractivity contribution in [1.82, 2.24) is 5.32 Å². The van der Waals surface area contributed by atoms with Crippen LogP contribution >= 0.6 is 0 Å². The van der Waals surface area contributed by atoms with E-state index in [-0.39, 0.29) is 0 Å². The van der Waals surface area contributed by atoms with E-state index in [1.165, 1.54) is 80.7 Å². The second-order valence-corrected chi connectivity index (χ2v) is 8.02. The molecule has 3 nitrogen and oxygen atoms in total. The molecule has 3 heteroatoms. The van der Waals surface area contributed by atoms with Crippen LogP contribution in [0.3, 0.4) is 0 Å². The van der Waals surface area contributed by atoms with Crippen molar-refractivity contribution < 1.29 is 0 Å². The van der Waals surface area contributed by atoms with Crippen LogP contribution in [0.15, 0.2) is 42.5 Å². The second kappa shape index (κ2) is 8.11. The maximum atomic E-state index is 8.88. The zero-order valence-corrected chi connectivity index (χ0v) is 15.7. The summed E-state index contributed by atoms with van der Waals surface area (Å²) in [5.41, 5.74) is 1.17. The quantitative estimate of drug-likeness (QED) is 0.540. The third-order valence-electron chi connectivity index (χ3n) is 6.14. The Labute approximate surface area is 157 Å². The number of hydrogen-bond acceptors (Lipinski definition) is 1. The van der Waals surface area contributed by atoms with Crippen LogP contribution < -0.4 is 10.2 Å². The van der Waals surface area contributed by atoms with Gasteiger partial charge in [0.05, 0.1) is 0 Å². The molecule has 2 aromatic rings. The van der Waals surface area contributed by atoms with Gasteiger partial charge in [0.25, 0.3) is 0 Å². The fourth-order valence-electron chi connectivity index (χ4n) is 4.70.